The van der Waals surface area contributed by atoms with Crippen LogP contribution in [0.3, 0.4) is 0 Å². The summed E-state index contributed by atoms with van der Waals surface area (Å²) in [7, 11) is 0. The Morgan fingerprint density at radius 1 is 1.12 bits per heavy atom. The van der Waals surface area contributed by atoms with Crippen molar-refractivity contribution in [1.29, 1.82) is 0 Å². The molecule has 0 spiro atoms. The normalized spacial score (nSPS) is 16.8. The second kappa shape index (κ2) is 8.20. The van der Waals surface area contributed by atoms with Crippen molar-refractivity contribution in [2.24, 2.45) is 5.92 Å². The van der Waals surface area contributed by atoms with Crippen LogP contribution in [0.1, 0.15) is 45.7 Å². The van der Waals surface area contributed by atoms with Crippen LogP contribution in [-0.4, -0.2) is 6.61 Å². The summed E-state index contributed by atoms with van der Waals surface area (Å²) in [4.78, 5) is 0. The fourth-order valence-corrected chi connectivity index (χ4v) is 1.67. The number of rotatable bonds is 0. The van der Waals surface area contributed by atoms with Crippen LogP contribution in [0.5, 0.6) is 5.75 Å². The molecule has 92 valence electrons. The molecule has 1 heteroatoms. The van der Waals surface area contributed by atoms with Crippen molar-refractivity contribution in [2.45, 2.75) is 48.0 Å². The first kappa shape index (κ1) is 15.0. The van der Waals surface area contributed by atoms with E-state index in [2.05, 4.69) is 32.0 Å². The smallest absolute Gasteiger partial charge is 0.122 e. The Kier molecular flexibility index (Phi) is 7.70. The molecule has 1 heterocycles. The third-order valence-electron chi connectivity index (χ3n) is 2.31. The molecule has 2 rings (SSSR count). The molecule has 0 aliphatic carbocycles. The van der Waals surface area contributed by atoms with Crippen molar-refractivity contribution in [3.63, 3.8) is 0 Å². The zero-order chi connectivity index (χ0) is 12.6. The molecule has 1 aliphatic rings. The van der Waals surface area contributed by atoms with Gasteiger partial charge >= 0.3 is 0 Å². The second-order valence-electron chi connectivity index (χ2n) is 3.73. The molecule has 1 aliphatic heterocycles. The fourth-order valence-electron chi connectivity index (χ4n) is 1.67. The van der Waals surface area contributed by atoms with Crippen molar-refractivity contribution in [3.8, 4) is 5.75 Å². The molecule has 1 atom stereocenters. The molecule has 0 amide bonds. The summed E-state index contributed by atoms with van der Waals surface area (Å²) in [6, 6.07) is 6.41. The van der Waals surface area contributed by atoms with Crippen LogP contribution in [0, 0.1) is 12.8 Å². The number of aryl methyl sites for hydroxylation is 1. The van der Waals surface area contributed by atoms with Crippen LogP contribution < -0.4 is 4.74 Å². The van der Waals surface area contributed by atoms with Crippen molar-refractivity contribution in [2.75, 3.05) is 6.61 Å². The molecular weight excluding hydrogens is 196 g/mol. The summed E-state index contributed by atoms with van der Waals surface area (Å²) in [5, 5.41) is 0. The van der Waals surface area contributed by atoms with Gasteiger partial charge in [0.05, 0.1) is 6.61 Å². The van der Waals surface area contributed by atoms with Gasteiger partial charge in [-0.2, -0.15) is 0 Å². The standard InChI is InChI=1S/C11H14O.2C2H6/c1-8-3-4-11-10(5-8)6-9(2)7-12-11;2*1-2/h3-5,9H,6-7H2,1-2H3;2*1-2H3. The highest BCUT2D eigenvalue weighted by Gasteiger charge is 2.15. The highest BCUT2D eigenvalue weighted by atomic mass is 16.5. The maximum atomic E-state index is 5.59. The Hall–Kier alpha value is -0.980. The molecule has 1 aromatic carbocycles. The number of hydrogen-bond donors (Lipinski definition) is 0. The van der Waals surface area contributed by atoms with Gasteiger partial charge < -0.3 is 4.74 Å². The first-order chi connectivity index (χ1) is 7.75. The Labute approximate surface area is 101 Å². The lowest BCUT2D eigenvalue weighted by Crippen LogP contribution is -2.17. The zero-order valence-corrected chi connectivity index (χ0v) is 11.6. The minimum absolute atomic E-state index is 0.666. The molecule has 0 fully saturated rings. The summed E-state index contributed by atoms with van der Waals surface area (Å²) >= 11 is 0. The van der Waals surface area contributed by atoms with Crippen molar-refractivity contribution < 1.29 is 4.74 Å². The number of ether oxygens (including phenoxy) is 1. The predicted molar refractivity (Wildman–Crippen MR) is 72.2 cm³/mol. The molecule has 1 unspecified atom stereocenters. The number of benzene rings is 1. The Morgan fingerprint density at radius 3 is 2.38 bits per heavy atom. The van der Waals surface area contributed by atoms with E-state index in [1.54, 1.807) is 0 Å². The number of fused-ring (bicyclic) bond motifs is 1. The molecule has 0 saturated carbocycles. The first-order valence-electron chi connectivity index (χ1n) is 6.48. The van der Waals surface area contributed by atoms with Gasteiger partial charge in [0.25, 0.3) is 0 Å². The van der Waals surface area contributed by atoms with Crippen LogP contribution in [0.25, 0.3) is 0 Å². The largest absolute Gasteiger partial charge is 0.493 e. The molecule has 0 N–H and O–H groups in total. The maximum absolute atomic E-state index is 5.59. The van der Waals surface area contributed by atoms with Gasteiger partial charge in [0.2, 0.25) is 0 Å². The van der Waals surface area contributed by atoms with Gasteiger partial charge in [-0.3, -0.25) is 0 Å². The summed E-state index contributed by atoms with van der Waals surface area (Å²) in [6.07, 6.45) is 1.16. The molecule has 1 aromatic rings. The van der Waals surface area contributed by atoms with Crippen LogP contribution in [0.2, 0.25) is 0 Å². The van der Waals surface area contributed by atoms with Gasteiger partial charge in [0.1, 0.15) is 5.75 Å². The molecule has 0 radical (unpaired) electrons. The maximum Gasteiger partial charge on any atom is 0.122 e. The van der Waals surface area contributed by atoms with E-state index in [4.69, 9.17) is 4.74 Å². The molecule has 1 nitrogen and oxygen atoms in total. The monoisotopic (exact) mass is 222 g/mol. The van der Waals surface area contributed by atoms with Crippen molar-refractivity contribution >= 4 is 0 Å². The predicted octanol–water partition coefficient (Wildman–Crippen LogP) is 4.62. The van der Waals surface area contributed by atoms with Crippen LogP contribution in [-0.2, 0) is 6.42 Å². The van der Waals surface area contributed by atoms with Gasteiger partial charge in [0.15, 0.2) is 0 Å². The van der Waals surface area contributed by atoms with Crippen LogP contribution >= 0.6 is 0 Å². The molecule has 16 heavy (non-hydrogen) atoms. The molecule has 0 saturated heterocycles. The van der Waals surface area contributed by atoms with Gasteiger partial charge in [-0.15, -0.1) is 0 Å². The van der Waals surface area contributed by atoms with E-state index in [-0.39, 0.29) is 0 Å². The van der Waals surface area contributed by atoms with Crippen LogP contribution in [0.15, 0.2) is 18.2 Å². The summed E-state index contributed by atoms with van der Waals surface area (Å²) < 4.78 is 5.59. The average Bonchev–Trinajstić information content (AvgIpc) is 2.33. The summed E-state index contributed by atoms with van der Waals surface area (Å²) in [6.45, 7) is 13.2. The van der Waals surface area contributed by atoms with Gasteiger partial charge in [-0.25, -0.2) is 0 Å². The van der Waals surface area contributed by atoms with Crippen molar-refractivity contribution in [1.82, 2.24) is 0 Å². The Balaban J connectivity index is 0.000000509. The van der Waals surface area contributed by atoms with E-state index in [0.717, 1.165) is 18.8 Å². The fraction of sp³-hybridized carbons (Fsp3) is 0.600. The van der Waals surface area contributed by atoms with Gasteiger partial charge in [0, 0.05) is 0 Å². The van der Waals surface area contributed by atoms with E-state index in [9.17, 15) is 0 Å². The Morgan fingerprint density at radius 2 is 1.75 bits per heavy atom. The lowest BCUT2D eigenvalue weighted by Gasteiger charge is -2.22. The molecular formula is C15H26O. The first-order valence-corrected chi connectivity index (χ1v) is 6.48. The summed E-state index contributed by atoms with van der Waals surface area (Å²) in [5.41, 5.74) is 2.69. The van der Waals surface area contributed by atoms with E-state index in [1.807, 2.05) is 27.7 Å². The summed E-state index contributed by atoms with van der Waals surface area (Å²) in [5.74, 6) is 1.75. The van der Waals surface area contributed by atoms with Gasteiger partial charge in [-0.1, -0.05) is 52.3 Å². The second-order valence-corrected chi connectivity index (χ2v) is 3.73. The SMILES string of the molecule is CC.CC.Cc1ccc2c(c1)CC(C)CO2. The minimum atomic E-state index is 0.666. The highest BCUT2D eigenvalue weighted by molar-refractivity contribution is 5.38. The van der Waals surface area contributed by atoms with Crippen molar-refractivity contribution in [3.05, 3.63) is 29.3 Å². The average molecular weight is 222 g/mol. The topological polar surface area (TPSA) is 9.23 Å². The highest BCUT2D eigenvalue weighted by Crippen LogP contribution is 2.27. The quantitative estimate of drug-likeness (QED) is 0.622. The van der Waals surface area contributed by atoms with E-state index < -0.39 is 0 Å². The molecule has 0 bridgehead atoms. The zero-order valence-electron chi connectivity index (χ0n) is 11.6. The third-order valence-corrected chi connectivity index (χ3v) is 2.31. The van der Waals surface area contributed by atoms with E-state index in [0.29, 0.717) is 5.92 Å². The van der Waals surface area contributed by atoms with E-state index >= 15 is 0 Å². The van der Waals surface area contributed by atoms with E-state index in [1.165, 1.54) is 11.1 Å². The lowest BCUT2D eigenvalue weighted by atomic mass is 9.97. The molecule has 0 aromatic heterocycles. The third kappa shape index (κ3) is 4.26. The van der Waals surface area contributed by atoms with Gasteiger partial charge in [-0.05, 0) is 30.9 Å². The Bertz CT molecular complexity index is 291. The lowest BCUT2D eigenvalue weighted by molar-refractivity contribution is 0.234. The minimum Gasteiger partial charge on any atom is -0.493 e. The van der Waals surface area contributed by atoms with Crippen LogP contribution in [0.4, 0.5) is 0 Å². The number of hydrogen-bond acceptors (Lipinski definition) is 1.